The lowest BCUT2D eigenvalue weighted by atomic mass is 10.2. The van der Waals surface area contributed by atoms with E-state index in [-0.39, 0.29) is 18.6 Å². The van der Waals surface area contributed by atoms with Crippen LogP contribution in [0.2, 0.25) is 0 Å². The van der Waals surface area contributed by atoms with Gasteiger partial charge in [0.05, 0.1) is 18.6 Å². The number of ether oxygens (including phenoxy) is 2. The number of aryl methyl sites for hydroxylation is 1. The zero-order valence-electron chi connectivity index (χ0n) is 13.6. The second-order valence-corrected chi connectivity index (χ2v) is 6.02. The summed E-state index contributed by atoms with van der Waals surface area (Å²) in [4.78, 5) is 34.6. The molecule has 7 nitrogen and oxygen atoms in total. The molecule has 0 atom stereocenters. The molecular weight excluding hydrogens is 344 g/mol. The minimum atomic E-state index is -0.637. The Hall–Kier alpha value is -2.87. The van der Waals surface area contributed by atoms with E-state index >= 15 is 0 Å². The molecule has 0 aliphatic rings. The van der Waals surface area contributed by atoms with Crippen LogP contribution in [0.1, 0.15) is 22.3 Å². The van der Waals surface area contributed by atoms with Gasteiger partial charge >= 0.3 is 5.97 Å². The third-order valence-electron chi connectivity index (χ3n) is 3.21. The Kier molecular flexibility index (Phi) is 6.53. The van der Waals surface area contributed by atoms with Gasteiger partial charge in [0.1, 0.15) is 10.8 Å². The lowest BCUT2D eigenvalue weighted by molar-refractivity contribution is -0.147. The van der Waals surface area contributed by atoms with Gasteiger partial charge in [-0.3, -0.25) is 14.4 Å². The molecular formula is C17H18N2O5S. The van der Waals surface area contributed by atoms with E-state index in [9.17, 15) is 14.4 Å². The van der Waals surface area contributed by atoms with Crippen molar-refractivity contribution >= 4 is 34.1 Å². The van der Waals surface area contributed by atoms with E-state index in [4.69, 9.17) is 15.2 Å². The van der Waals surface area contributed by atoms with Crippen LogP contribution in [0.5, 0.6) is 5.75 Å². The molecule has 0 unspecified atom stereocenters. The summed E-state index contributed by atoms with van der Waals surface area (Å²) in [6.07, 6.45) is 0.0210. The van der Waals surface area contributed by atoms with Crippen LogP contribution in [-0.2, 0) is 14.3 Å². The Morgan fingerprint density at radius 2 is 1.96 bits per heavy atom. The fourth-order valence-electron chi connectivity index (χ4n) is 1.94. The van der Waals surface area contributed by atoms with E-state index in [2.05, 4.69) is 5.32 Å². The average Bonchev–Trinajstić information content (AvgIpc) is 3.03. The average molecular weight is 362 g/mol. The predicted octanol–water partition coefficient (Wildman–Crippen LogP) is 2.11. The number of carbonyl (C=O) groups excluding carboxylic acids is 3. The van der Waals surface area contributed by atoms with E-state index in [1.54, 1.807) is 5.38 Å². The van der Waals surface area contributed by atoms with Crippen molar-refractivity contribution in [3.8, 4) is 5.75 Å². The molecule has 0 aliphatic heterocycles. The monoisotopic (exact) mass is 362 g/mol. The molecule has 1 aromatic heterocycles. The van der Waals surface area contributed by atoms with Crippen LogP contribution in [0.15, 0.2) is 35.7 Å². The van der Waals surface area contributed by atoms with Crippen LogP contribution in [-0.4, -0.2) is 31.0 Å². The van der Waals surface area contributed by atoms with Crippen LogP contribution in [0.4, 0.5) is 5.00 Å². The molecule has 0 bridgehead atoms. The molecule has 0 radical (unpaired) electrons. The van der Waals surface area contributed by atoms with Crippen LogP contribution in [0.3, 0.4) is 0 Å². The first-order chi connectivity index (χ1) is 12.0. The number of hydrogen-bond donors (Lipinski definition) is 2. The quantitative estimate of drug-likeness (QED) is 0.699. The Balaban J connectivity index is 1.71. The van der Waals surface area contributed by atoms with E-state index in [1.807, 2.05) is 31.2 Å². The normalized spacial score (nSPS) is 10.1. The molecule has 8 heteroatoms. The first kappa shape index (κ1) is 18.5. The topological polar surface area (TPSA) is 108 Å². The summed E-state index contributed by atoms with van der Waals surface area (Å²) in [6.45, 7) is 1.62. The smallest absolute Gasteiger partial charge is 0.309 e. The zero-order chi connectivity index (χ0) is 18.2. The molecule has 0 saturated carbocycles. The maximum atomic E-state index is 11.8. The Labute approximate surface area is 148 Å². The van der Waals surface area contributed by atoms with Gasteiger partial charge in [-0.1, -0.05) is 18.2 Å². The number of amides is 2. The molecule has 25 heavy (non-hydrogen) atoms. The van der Waals surface area contributed by atoms with Gasteiger partial charge in [0.2, 0.25) is 0 Å². The number of benzene rings is 1. The third-order valence-corrected chi connectivity index (χ3v) is 4.04. The largest absolute Gasteiger partial charge is 0.493 e. The van der Waals surface area contributed by atoms with Crippen molar-refractivity contribution in [2.45, 2.75) is 13.3 Å². The molecule has 0 aliphatic carbocycles. The van der Waals surface area contributed by atoms with Crippen molar-refractivity contribution < 1.29 is 23.9 Å². The van der Waals surface area contributed by atoms with Gasteiger partial charge in [0.15, 0.2) is 6.61 Å². The lowest BCUT2D eigenvalue weighted by Gasteiger charge is -2.09. The van der Waals surface area contributed by atoms with Crippen LogP contribution in [0.25, 0.3) is 0 Å². The Bertz CT molecular complexity index is 772. The standard InChI is InChI=1S/C17H18N2O5S/c1-11-4-2-3-5-13(11)23-8-6-15(21)24-10-14(20)19-17-12(16(18)22)7-9-25-17/h2-5,7,9H,6,8,10H2,1H3,(H2,18,22)(H,19,20). The highest BCUT2D eigenvalue weighted by Gasteiger charge is 2.14. The highest BCUT2D eigenvalue weighted by Crippen LogP contribution is 2.22. The number of hydrogen-bond acceptors (Lipinski definition) is 6. The van der Waals surface area contributed by atoms with Crippen LogP contribution >= 0.6 is 11.3 Å². The van der Waals surface area contributed by atoms with Crippen molar-refractivity contribution in [3.63, 3.8) is 0 Å². The lowest BCUT2D eigenvalue weighted by Crippen LogP contribution is -2.22. The molecule has 1 aromatic carbocycles. The van der Waals surface area contributed by atoms with E-state index < -0.39 is 24.4 Å². The first-order valence-electron chi connectivity index (χ1n) is 7.48. The highest BCUT2D eigenvalue weighted by molar-refractivity contribution is 7.14. The number of carbonyl (C=O) groups is 3. The Morgan fingerprint density at radius 1 is 1.20 bits per heavy atom. The number of esters is 1. The van der Waals surface area contributed by atoms with Gasteiger partial charge in [0, 0.05) is 0 Å². The van der Waals surface area contributed by atoms with Crippen molar-refractivity contribution in [1.29, 1.82) is 0 Å². The summed E-state index contributed by atoms with van der Waals surface area (Å²) in [5.74, 6) is -1.03. The number of primary amides is 1. The highest BCUT2D eigenvalue weighted by atomic mass is 32.1. The van der Waals surface area contributed by atoms with E-state index in [0.29, 0.717) is 10.8 Å². The molecule has 2 amide bonds. The van der Waals surface area contributed by atoms with E-state index in [1.165, 1.54) is 6.07 Å². The third kappa shape index (κ3) is 5.61. The van der Waals surface area contributed by atoms with Crippen molar-refractivity contribution in [3.05, 3.63) is 46.8 Å². The summed E-state index contributed by atoms with van der Waals surface area (Å²) >= 11 is 1.16. The summed E-state index contributed by atoms with van der Waals surface area (Å²) in [5.41, 5.74) is 6.38. The summed E-state index contributed by atoms with van der Waals surface area (Å²) in [6, 6.07) is 8.97. The van der Waals surface area contributed by atoms with Crippen molar-refractivity contribution in [1.82, 2.24) is 0 Å². The molecule has 0 spiro atoms. The van der Waals surface area contributed by atoms with Gasteiger partial charge in [-0.15, -0.1) is 11.3 Å². The zero-order valence-corrected chi connectivity index (χ0v) is 14.4. The number of anilines is 1. The molecule has 3 N–H and O–H groups in total. The number of nitrogens with two attached hydrogens (primary N) is 1. The molecule has 132 valence electrons. The maximum absolute atomic E-state index is 11.8. The fraction of sp³-hybridized carbons (Fsp3) is 0.235. The molecule has 2 rings (SSSR count). The second-order valence-electron chi connectivity index (χ2n) is 5.10. The van der Waals surface area contributed by atoms with E-state index in [0.717, 1.165) is 16.9 Å². The minimum absolute atomic E-state index is 0.0210. The summed E-state index contributed by atoms with van der Waals surface area (Å²) in [5, 5.41) is 4.45. The molecule has 0 fully saturated rings. The summed E-state index contributed by atoms with van der Waals surface area (Å²) in [7, 11) is 0. The Morgan fingerprint density at radius 3 is 2.68 bits per heavy atom. The van der Waals surface area contributed by atoms with Crippen LogP contribution < -0.4 is 15.8 Å². The van der Waals surface area contributed by atoms with Gasteiger partial charge in [-0.05, 0) is 30.0 Å². The molecule has 0 saturated heterocycles. The number of rotatable bonds is 8. The predicted molar refractivity (Wildman–Crippen MR) is 93.7 cm³/mol. The van der Waals surface area contributed by atoms with Crippen molar-refractivity contribution in [2.24, 2.45) is 5.73 Å². The SMILES string of the molecule is Cc1ccccc1OCCC(=O)OCC(=O)Nc1sccc1C(N)=O. The first-order valence-corrected chi connectivity index (χ1v) is 8.36. The van der Waals surface area contributed by atoms with Crippen molar-refractivity contribution in [2.75, 3.05) is 18.5 Å². The number of thiophene rings is 1. The van der Waals surface area contributed by atoms with Crippen LogP contribution in [0, 0.1) is 6.92 Å². The number of para-hydroxylation sites is 1. The van der Waals surface area contributed by atoms with Gasteiger partial charge in [-0.2, -0.15) is 0 Å². The fourth-order valence-corrected chi connectivity index (χ4v) is 2.75. The molecule has 1 heterocycles. The number of nitrogens with one attached hydrogen (secondary N) is 1. The van der Waals surface area contributed by atoms with Gasteiger partial charge in [-0.25, -0.2) is 0 Å². The van der Waals surface area contributed by atoms with Gasteiger partial charge < -0.3 is 20.5 Å². The summed E-state index contributed by atoms with van der Waals surface area (Å²) < 4.78 is 10.4. The molecule has 2 aromatic rings. The maximum Gasteiger partial charge on any atom is 0.309 e. The minimum Gasteiger partial charge on any atom is -0.493 e. The second kappa shape index (κ2) is 8.84. The van der Waals surface area contributed by atoms with Gasteiger partial charge in [0.25, 0.3) is 11.8 Å².